The number of nitrogens with zero attached hydrogens (tertiary/aromatic N) is 2. The number of aromatic nitrogens is 1. The van der Waals surface area contributed by atoms with Gasteiger partial charge in [-0.05, 0) is 28.9 Å². The molecule has 0 unspecified atom stereocenters. The molecule has 0 saturated heterocycles. The molecule has 0 saturated carbocycles. The van der Waals surface area contributed by atoms with Crippen molar-refractivity contribution in [2.45, 2.75) is 6.54 Å². The molecule has 0 amide bonds. The average Bonchev–Trinajstić information content (AvgIpc) is 2.72. The van der Waals surface area contributed by atoms with E-state index in [0.717, 1.165) is 5.56 Å². The SMILES string of the molecule is O=Nc1c(O)n(Cc2ccccc2)c2cc(Cl)ccc12. The van der Waals surface area contributed by atoms with E-state index in [1.54, 1.807) is 22.8 Å². The molecule has 0 aliphatic carbocycles. The molecule has 0 aliphatic rings. The Bertz CT molecular complexity index is 781. The van der Waals surface area contributed by atoms with E-state index in [9.17, 15) is 10.0 Å². The van der Waals surface area contributed by atoms with Crippen LogP contribution in [-0.4, -0.2) is 9.67 Å². The highest BCUT2D eigenvalue weighted by Gasteiger charge is 2.17. The van der Waals surface area contributed by atoms with Gasteiger partial charge in [0.1, 0.15) is 0 Å². The summed E-state index contributed by atoms with van der Waals surface area (Å²) in [6.45, 7) is 0.443. The van der Waals surface area contributed by atoms with Crippen LogP contribution in [0.1, 0.15) is 5.56 Å². The maximum absolute atomic E-state index is 10.9. The van der Waals surface area contributed by atoms with Gasteiger partial charge in [-0.2, -0.15) is 0 Å². The molecular formula is C15H11ClN2O2. The van der Waals surface area contributed by atoms with Gasteiger partial charge in [-0.1, -0.05) is 41.9 Å². The Morgan fingerprint density at radius 2 is 1.90 bits per heavy atom. The zero-order valence-electron chi connectivity index (χ0n) is 10.5. The second-order valence-electron chi connectivity index (χ2n) is 4.50. The molecule has 0 spiro atoms. The van der Waals surface area contributed by atoms with E-state index >= 15 is 0 Å². The van der Waals surface area contributed by atoms with Crippen molar-refractivity contribution in [3.8, 4) is 5.88 Å². The van der Waals surface area contributed by atoms with Crippen LogP contribution in [0.4, 0.5) is 5.69 Å². The van der Waals surface area contributed by atoms with Gasteiger partial charge in [-0.15, -0.1) is 4.91 Å². The van der Waals surface area contributed by atoms with Crippen molar-refractivity contribution >= 4 is 28.2 Å². The molecule has 0 aliphatic heterocycles. The molecule has 1 heterocycles. The molecule has 4 nitrogen and oxygen atoms in total. The second kappa shape index (κ2) is 4.98. The van der Waals surface area contributed by atoms with Crippen LogP contribution in [0.2, 0.25) is 5.02 Å². The molecular weight excluding hydrogens is 276 g/mol. The topological polar surface area (TPSA) is 54.6 Å². The summed E-state index contributed by atoms with van der Waals surface area (Å²) in [5.74, 6) is -0.138. The minimum atomic E-state index is -0.138. The number of fused-ring (bicyclic) bond motifs is 1. The fourth-order valence-corrected chi connectivity index (χ4v) is 2.47. The van der Waals surface area contributed by atoms with Crippen molar-refractivity contribution in [1.82, 2.24) is 4.57 Å². The van der Waals surface area contributed by atoms with Crippen molar-refractivity contribution < 1.29 is 5.11 Å². The second-order valence-corrected chi connectivity index (χ2v) is 4.93. The summed E-state index contributed by atoms with van der Waals surface area (Å²) >= 11 is 5.99. The molecule has 0 radical (unpaired) electrons. The van der Waals surface area contributed by atoms with Gasteiger partial charge in [-0.25, -0.2) is 0 Å². The highest BCUT2D eigenvalue weighted by Crippen LogP contribution is 2.39. The molecule has 100 valence electrons. The van der Waals surface area contributed by atoms with Crippen LogP contribution in [0.25, 0.3) is 10.9 Å². The highest BCUT2D eigenvalue weighted by atomic mass is 35.5. The van der Waals surface area contributed by atoms with Crippen LogP contribution in [0.15, 0.2) is 53.7 Å². The maximum Gasteiger partial charge on any atom is 0.222 e. The Balaban J connectivity index is 2.21. The van der Waals surface area contributed by atoms with Crippen LogP contribution in [0, 0.1) is 4.91 Å². The first-order chi connectivity index (χ1) is 9.70. The first kappa shape index (κ1) is 12.7. The Hall–Kier alpha value is -2.33. The predicted octanol–water partition coefficient (Wildman–Crippen LogP) is 4.45. The van der Waals surface area contributed by atoms with Crippen LogP contribution >= 0.6 is 11.6 Å². The summed E-state index contributed by atoms with van der Waals surface area (Å²) in [4.78, 5) is 10.9. The summed E-state index contributed by atoms with van der Waals surface area (Å²) < 4.78 is 1.63. The highest BCUT2D eigenvalue weighted by molar-refractivity contribution is 6.31. The lowest BCUT2D eigenvalue weighted by Crippen LogP contribution is -1.98. The Morgan fingerprint density at radius 1 is 1.15 bits per heavy atom. The van der Waals surface area contributed by atoms with E-state index in [0.29, 0.717) is 22.5 Å². The van der Waals surface area contributed by atoms with E-state index in [-0.39, 0.29) is 11.6 Å². The standard InChI is InChI=1S/C15H11ClN2O2/c16-11-6-7-12-13(8-11)18(15(19)14(12)17-20)9-10-4-2-1-3-5-10/h1-8,19H,9H2. The monoisotopic (exact) mass is 286 g/mol. The quantitative estimate of drug-likeness (QED) is 0.723. The van der Waals surface area contributed by atoms with Crippen molar-refractivity contribution in [2.24, 2.45) is 5.18 Å². The summed E-state index contributed by atoms with van der Waals surface area (Å²) in [6, 6.07) is 14.7. The van der Waals surface area contributed by atoms with Gasteiger partial charge in [-0.3, -0.25) is 0 Å². The average molecular weight is 287 g/mol. The smallest absolute Gasteiger partial charge is 0.222 e. The molecule has 0 atom stereocenters. The number of hydrogen-bond acceptors (Lipinski definition) is 3. The molecule has 5 heteroatoms. The molecule has 2 aromatic carbocycles. The van der Waals surface area contributed by atoms with E-state index < -0.39 is 0 Å². The lowest BCUT2D eigenvalue weighted by molar-refractivity contribution is 0.430. The van der Waals surface area contributed by atoms with Gasteiger partial charge in [0.25, 0.3) is 0 Å². The van der Waals surface area contributed by atoms with E-state index in [2.05, 4.69) is 5.18 Å². The molecule has 0 fully saturated rings. The van der Waals surface area contributed by atoms with Crippen molar-refractivity contribution in [2.75, 3.05) is 0 Å². The number of hydrogen-bond donors (Lipinski definition) is 1. The minimum absolute atomic E-state index is 0.0487. The van der Waals surface area contributed by atoms with E-state index in [4.69, 9.17) is 11.6 Å². The number of nitroso groups, excluding NO2 is 1. The van der Waals surface area contributed by atoms with Crippen molar-refractivity contribution in [1.29, 1.82) is 0 Å². The molecule has 0 bridgehead atoms. The third-order valence-electron chi connectivity index (χ3n) is 3.25. The predicted molar refractivity (Wildman–Crippen MR) is 79.6 cm³/mol. The fraction of sp³-hybridized carbons (Fsp3) is 0.0667. The van der Waals surface area contributed by atoms with Crippen LogP contribution in [-0.2, 0) is 6.54 Å². The van der Waals surface area contributed by atoms with Crippen LogP contribution in [0.5, 0.6) is 5.88 Å². The van der Waals surface area contributed by atoms with E-state index in [1.807, 2.05) is 30.3 Å². The number of benzene rings is 2. The Morgan fingerprint density at radius 3 is 2.60 bits per heavy atom. The van der Waals surface area contributed by atoms with Gasteiger partial charge >= 0.3 is 0 Å². The van der Waals surface area contributed by atoms with Crippen LogP contribution in [0.3, 0.4) is 0 Å². The van der Waals surface area contributed by atoms with Gasteiger partial charge in [0.05, 0.1) is 12.1 Å². The lowest BCUT2D eigenvalue weighted by atomic mass is 10.2. The third-order valence-corrected chi connectivity index (χ3v) is 3.48. The van der Waals surface area contributed by atoms with Gasteiger partial charge in [0.2, 0.25) is 5.88 Å². The lowest BCUT2D eigenvalue weighted by Gasteiger charge is -2.07. The number of rotatable bonds is 3. The molecule has 1 aromatic heterocycles. The van der Waals surface area contributed by atoms with Crippen LogP contribution < -0.4 is 0 Å². The fourth-order valence-electron chi connectivity index (χ4n) is 2.31. The van der Waals surface area contributed by atoms with Gasteiger partial charge < -0.3 is 9.67 Å². The van der Waals surface area contributed by atoms with Crippen molar-refractivity contribution in [3.63, 3.8) is 0 Å². The molecule has 1 N–H and O–H groups in total. The zero-order valence-corrected chi connectivity index (χ0v) is 11.2. The summed E-state index contributed by atoms with van der Waals surface area (Å²) in [5.41, 5.74) is 1.75. The normalized spacial score (nSPS) is 10.8. The Labute approximate surface area is 120 Å². The Kier molecular flexibility index (Phi) is 3.16. The number of halogens is 1. The molecule has 20 heavy (non-hydrogen) atoms. The zero-order chi connectivity index (χ0) is 14.1. The first-order valence-corrected chi connectivity index (χ1v) is 6.46. The molecule has 3 rings (SSSR count). The summed E-state index contributed by atoms with van der Waals surface area (Å²) in [6.07, 6.45) is 0. The summed E-state index contributed by atoms with van der Waals surface area (Å²) in [7, 11) is 0. The van der Waals surface area contributed by atoms with Gasteiger partial charge in [0.15, 0.2) is 5.69 Å². The van der Waals surface area contributed by atoms with Crippen molar-refractivity contribution in [3.05, 3.63) is 64.0 Å². The van der Waals surface area contributed by atoms with Gasteiger partial charge in [0, 0.05) is 10.4 Å². The third kappa shape index (κ3) is 2.04. The summed E-state index contributed by atoms with van der Waals surface area (Å²) in [5, 5.41) is 14.3. The maximum atomic E-state index is 10.9. The minimum Gasteiger partial charge on any atom is -0.493 e. The molecule has 3 aromatic rings. The first-order valence-electron chi connectivity index (χ1n) is 6.08. The number of aromatic hydroxyl groups is 1. The largest absolute Gasteiger partial charge is 0.493 e. The van der Waals surface area contributed by atoms with E-state index in [1.165, 1.54) is 0 Å².